The van der Waals surface area contributed by atoms with Crippen molar-refractivity contribution in [2.24, 2.45) is 0 Å². The standard InChI is InChI=1S/C18H19N3O3/c22-17(21-11-14-3-1-2-4-15(14)12-21)20-16-7-5-13(6-8-16)9-10-19-18(23)24/h1-3,5-8,12,19H,4,9-11H2,(H,20,22)(H,23,24). The average Bonchev–Trinajstić information content (AvgIpc) is 3.00. The molecule has 3 amide bonds. The van der Waals surface area contributed by atoms with E-state index in [2.05, 4.69) is 16.7 Å². The molecule has 6 nitrogen and oxygen atoms in total. The van der Waals surface area contributed by atoms with E-state index in [9.17, 15) is 9.59 Å². The van der Waals surface area contributed by atoms with Gasteiger partial charge in [0.15, 0.2) is 0 Å². The molecule has 0 unspecified atom stereocenters. The topological polar surface area (TPSA) is 81.7 Å². The number of nitrogens with zero attached hydrogens (tertiary/aromatic N) is 1. The fraction of sp³-hybridized carbons (Fsp3) is 0.222. The fourth-order valence-corrected chi connectivity index (χ4v) is 2.72. The summed E-state index contributed by atoms with van der Waals surface area (Å²) in [5.74, 6) is 0. The van der Waals surface area contributed by atoms with Crippen LogP contribution in [0.4, 0.5) is 15.3 Å². The Labute approximate surface area is 140 Å². The van der Waals surface area contributed by atoms with E-state index < -0.39 is 6.09 Å². The predicted octanol–water partition coefficient (Wildman–Crippen LogP) is 3.11. The molecule has 1 aliphatic carbocycles. The van der Waals surface area contributed by atoms with Gasteiger partial charge in [0.05, 0.1) is 6.54 Å². The number of carboxylic acid groups (broad SMARTS) is 1. The van der Waals surface area contributed by atoms with Crippen LogP contribution < -0.4 is 10.6 Å². The quantitative estimate of drug-likeness (QED) is 0.795. The predicted molar refractivity (Wildman–Crippen MR) is 91.8 cm³/mol. The highest BCUT2D eigenvalue weighted by atomic mass is 16.4. The molecule has 24 heavy (non-hydrogen) atoms. The van der Waals surface area contributed by atoms with Crippen LogP contribution in [0.5, 0.6) is 0 Å². The van der Waals surface area contributed by atoms with Crippen molar-refractivity contribution in [2.75, 3.05) is 18.4 Å². The molecule has 0 saturated heterocycles. The number of fused-ring (bicyclic) bond motifs is 1. The second-order valence-corrected chi connectivity index (χ2v) is 5.72. The molecule has 0 saturated carbocycles. The maximum Gasteiger partial charge on any atom is 0.404 e. The van der Waals surface area contributed by atoms with E-state index in [1.54, 1.807) is 4.90 Å². The molecule has 1 aromatic rings. The van der Waals surface area contributed by atoms with Gasteiger partial charge in [0, 0.05) is 18.4 Å². The van der Waals surface area contributed by atoms with Gasteiger partial charge in [0.2, 0.25) is 0 Å². The number of nitrogens with one attached hydrogen (secondary N) is 2. The minimum atomic E-state index is -1.02. The van der Waals surface area contributed by atoms with Gasteiger partial charge < -0.3 is 15.7 Å². The van der Waals surface area contributed by atoms with E-state index in [0.29, 0.717) is 19.5 Å². The van der Waals surface area contributed by atoms with Gasteiger partial charge in [-0.05, 0) is 41.7 Å². The third kappa shape index (κ3) is 3.84. The maximum absolute atomic E-state index is 12.3. The van der Waals surface area contributed by atoms with Gasteiger partial charge >= 0.3 is 12.1 Å². The second-order valence-electron chi connectivity index (χ2n) is 5.72. The molecule has 0 spiro atoms. The molecular formula is C18H19N3O3. The molecule has 0 radical (unpaired) electrons. The zero-order valence-electron chi connectivity index (χ0n) is 13.2. The number of benzene rings is 1. The van der Waals surface area contributed by atoms with Crippen molar-refractivity contribution in [1.82, 2.24) is 10.2 Å². The Kier molecular flexibility index (Phi) is 4.65. The number of rotatable bonds is 4. The Bertz CT molecular complexity index is 732. The van der Waals surface area contributed by atoms with Crippen LogP contribution in [0.15, 0.2) is 59.8 Å². The number of hydrogen-bond acceptors (Lipinski definition) is 2. The van der Waals surface area contributed by atoms with E-state index in [0.717, 1.165) is 17.7 Å². The van der Waals surface area contributed by atoms with Crippen molar-refractivity contribution in [2.45, 2.75) is 12.8 Å². The third-order valence-electron chi connectivity index (χ3n) is 3.99. The van der Waals surface area contributed by atoms with Crippen LogP contribution in [0.1, 0.15) is 12.0 Å². The Morgan fingerprint density at radius 3 is 2.67 bits per heavy atom. The first-order valence-electron chi connectivity index (χ1n) is 7.82. The molecule has 1 aliphatic heterocycles. The normalized spacial score (nSPS) is 15.4. The number of anilines is 1. The maximum atomic E-state index is 12.3. The minimum absolute atomic E-state index is 0.155. The van der Waals surface area contributed by atoms with E-state index in [4.69, 9.17) is 5.11 Å². The van der Waals surface area contributed by atoms with E-state index in [1.165, 1.54) is 11.1 Å². The zero-order valence-corrected chi connectivity index (χ0v) is 13.2. The van der Waals surface area contributed by atoms with Gasteiger partial charge in [0.1, 0.15) is 0 Å². The Balaban J connectivity index is 1.54. The lowest BCUT2D eigenvalue weighted by Gasteiger charge is -2.15. The van der Waals surface area contributed by atoms with Gasteiger partial charge in [-0.25, -0.2) is 9.59 Å². The van der Waals surface area contributed by atoms with Crippen LogP contribution >= 0.6 is 0 Å². The first kappa shape index (κ1) is 15.9. The summed E-state index contributed by atoms with van der Waals surface area (Å²) in [5, 5.41) is 13.7. The lowest BCUT2D eigenvalue weighted by molar-refractivity contribution is 0.194. The molecule has 3 N–H and O–H groups in total. The first-order valence-corrected chi connectivity index (χ1v) is 7.82. The molecule has 0 bridgehead atoms. The number of carbonyl (C=O) groups excluding carboxylic acids is 1. The van der Waals surface area contributed by atoms with Gasteiger partial charge in [-0.15, -0.1) is 0 Å². The summed E-state index contributed by atoms with van der Waals surface area (Å²) in [6.45, 7) is 0.968. The van der Waals surface area contributed by atoms with Gasteiger partial charge in [-0.1, -0.05) is 30.4 Å². The molecule has 3 rings (SSSR count). The van der Waals surface area contributed by atoms with Crippen molar-refractivity contribution in [3.05, 3.63) is 65.4 Å². The highest BCUT2D eigenvalue weighted by molar-refractivity contribution is 5.91. The van der Waals surface area contributed by atoms with Crippen LogP contribution in [0, 0.1) is 0 Å². The lowest BCUT2D eigenvalue weighted by Crippen LogP contribution is -2.29. The lowest BCUT2D eigenvalue weighted by atomic mass is 10.0. The van der Waals surface area contributed by atoms with Crippen molar-refractivity contribution >= 4 is 17.8 Å². The molecule has 6 heteroatoms. The number of carbonyl (C=O) groups is 2. The molecule has 124 valence electrons. The summed E-state index contributed by atoms with van der Waals surface area (Å²) in [4.78, 5) is 24.4. The Hall–Kier alpha value is -3.02. The summed E-state index contributed by atoms with van der Waals surface area (Å²) in [7, 11) is 0. The molecule has 0 aromatic heterocycles. The molecule has 1 aromatic carbocycles. The highest BCUT2D eigenvalue weighted by Gasteiger charge is 2.22. The fourth-order valence-electron chi connectivity index (χ4n) is 2.72. The van der Waals surface area contributed by atoms with E-state index >= 15 is 0 Å². The smallest absolute Gasteiger partial charge is 0.404 e. The summed E-state index contributed by atoms with van der Waals surface area (Å²) in [6, 6.07) is 7.26. The first-order chi connectivity index (χ1) is 11.6. The number of urea groups is 1. The van der Waals surface area contributed by atoms with Crippen LogP contribution in [0.2, 0.25) is 0 Å². The van der Waals surface area contributed by atoms with E-state index in [-0.39, 0.29) is 6.03 Å². The summed E-state index contributed by atoms with van der Waals surface area (Å²) < 4.78 is 0. The number of allylic oxidation sites excluding steroid dienone is 3. The molecule has 2 aliphatic rings. The van der Waals surface area contributed by atoms with Crippen LogP contribution in [0.3, 0.4) is 0 Å². The second kappa shape index (κ2) is 7.04. The minimum Gasteiger partial charge on any atom is -0.465 e. The number of amides is 3. The summed E-state index contributed by atoms with van der Waals surface area (Å²) in [6.07, 6.45) is 8.50. The van der Waals surface area contributed by atoms with Crippen LogP contribution in [-0.4, -0.2) is 35.2 Å². The SMILES string of the molecule is O=C(O)NCCc1ccc(NC(=O)N2C=C3CC=CC=C3C2)cc1. The Morgan fingerprint density at radius 1 is 1.17 bits per heavy atom. The van der Waals surface area contributed by atoms with Crippen molar-refractivity contribution in [3.8, 4) is 0 Å². The van der Waals surface area contributed by atoms with Gasteiger partial charge in [-0.2, -0.15) is 0 Å². The van der Waals surface area contributed by atoms with Crippen LogP contribution in [0.25, 0.3) is 0 Å². The van der Waals surface area contributed by atoms with Crippen LogP contribution in [-0.2, 0) is 6.42 Å². The average molecular weight is 325 g/mol. The molecular weight excluding hydrogens is 306 g/mol. The summed E-state index contributed by atoms with van der Waals surface area (Å²) in [5.41, 5.74) is 4.10. The Morgan fingerprint density at radius 2 is 1.96 bits per heavy atom. The monoisotopic (exact) mass is 325 g/mol. The molecule has 0 atom stereocenters. The zero-order chi connectivity index (χ0) is 16.9. The third-order valence-corrected chi connectivity index (χ3v) is 3.99. The van der Waals surface area contributed by atoms with Crippen molar-refractivity contribution in [1.29, 1.82) is 0 Å². The van der Waals surface area contributed by atoms with E-state index in [1.807, 2.05) is 42.6 Å². The van der Waals surface area contributed by atoms with Gasteiger partial charge in [-0.3, -0.25) is 4.90 Å². The van der Waals surface area contributed by atoms with Gasteiger partial charge in [0.25, 0.3) is 0 Å². The van der Waals surface area contributed by atoms with Crippen molar-refractivity contribution < 1.29 is 14.7 Å². The summed E-state index contributed by atoms with van der Waals surface area (Å²) >= 11 is 0. The largest absolute Gasteiger partial charge is 0.465 e. The molecule has 1 heterocycles. The highest BCUT2D eigenvalue weighted by Crippen LogP contribution is 2.27. The van der Waals surface area contributed by atoms with Crippen molar-refractivity contribution in [3.63, 3.8) is 0 Å². The number of hydrogen-bond donors (Lipinski definition) is 3. The molecule has 0 fully saturated rings.